The van der Waals surface area contributed by atoms with Gasteiger partial charge in [0.15, 0.2) is 0 Å². The molecule has 1 unspecified atom stereocenters. The highest BCUT2D eigenvalue weighted by Crippen LogP contribution is 2.25. The third-order valence-electron chi connectivity index (χ3n) is 2.44. The van der Waals surface area contributed by atoms with Gasteiger partial charge in [0.1, 0.15) is 0 Å². The molecule has 0 radical (unpaired) electrons. The Labute approximate surface area is 78.8 Å². The van der Waals surface area contributed by atoms with Crippen molar-refractivity contribution in [3.05, 3.63) is 0 Å². The van der Waals surface area contributed by atoms with E-state index in [1.807, 2.05) is 0 Å². The monoisotopic (exact) mass is 170 g/mol. The second kappa shape index (κ2) is 5.61. The first-order valence-corrected chi connectivity index (χ1v) is 5.45. The summed E-state index contributed by atoms with van der Waals surface area (Å²) in [5.74, 6) is 0.934. The molecule has 0 bridgehead atoms. The highest BCUT2D eigenvalue weighted by Gasteiger charge is 2.11. The van der Waals surface area contributed by atoms with Gasteiger partial charge in [0, 0.05) is 0 Å². The molecule has 0 aromatic rings. The zero-order valence-electron chi connectivity index (χ0n) is 9.61. The summed E-state index contributed by atoms with van der Waals surface area (Å²) in [7, 11) is 0. The molecule has 1 atom stereocenters. The van der Waals surface area contributed by atoms with Gasteiger partial charge in [0.2, 0.25) is 0 Å². The predicted octanol–water partition coefficient (Wildman–Crippen LogP) is 4.64. The van der Waals surface area contributed by atoms with Gasteiger partial charge in [0.05, 0.1) is 0 Å². The van der Waals surface area contributed by atoms with Crippen molar-refractivity contribution in [1.82, 2.24) is 0 Å². The number of hydrogen-bond donors (Lipinski definition) is 0. The molecule has 0 aromatic carbocycles. The molecule has 0 spiro atoms. The van der Waals surface area contributed by atoms with E-state index in [9.17, 15) is 0 Å². The van der Waals surface area contributed by atoms with Crippen molar-refractivity contribution < 1.29 is 0 Å². The van der Waals surface area contributed by atoms with E-state index in [1.165, 1.54) is 32.1 Å². The lowest BCUT2D eigenvalue weighted by Gasteiger charge is -2.20. The molecule has 0 heterocycles. The van der Waals surface area contributed by atoms with Gasteiger partial charge in [-0.2, -0.15) is 0 Å². The minimum atomic E-state index is 0.528. The van der Waals surface area contributed by atoms with Crippen LogP contribution in [0.2, 0.25) is 0 Å². The molecule has 0 nitrogen and oxygen atoms in total. The Kier molecular flexibility index (Phi) is 5.61. The summed E-state index contributed by atoms with van der Waals surface area (Å²) < 4.78 is 0. The maximum absolute atomic E-state index is 2.39. The highest BCUT2D eigenvalue weighted by molar-refractivity contribution is 4.64. The maximum atomic E-state index is 2.39. The molecule has 12 heavy (non-hydrogen) atoms. The predicted molar refractivity (Wildman–Crippen MR) is 57.4 cm³/mol. The van der Waals surface area contributed by atoms with Crippen molar-refractivity contribution in [2.45, 2.75) is 66.7 Å². The smallest absolute Gasteiger partial charge is 0.0383 e. The topological polar surface area (TPSA) is 0 Å². The van der Waals surface area contributed by atoms with E-state index in [0.29, 0.717) is 5.41 Å². The van der Waals surface area contributed by atoms with E-state index in [1.54, 1.807) is 0 Å². The largest absolute Gasteiger partial charge is 0.0654 e. The fourth-order valence-corrected chi connectivity index (χ4v) is 1.38. The average molecular weight is 170 g/mol. The third kappa shape index (κ3) is 8.10. The molecule has 0 fully saturated rings. The first-order chi connectivity index (χ1) is 5.45. The Hall–Kier alpha value is 0. The number of rotatable bonds is 5. The van der Waals surface area contributed by atoms with Crippen LogP contribution in [0.3, 0.4) is 0 Å². The Morgan fingerprint density at radius 3 is 2.08 bits per heavy atom. The van der Waals surface area contributed by atoms with Crippen LogP contribution in [0.25, 0.3) is 0 Å². The van der Waals surface area contributed by atoms with Gasteiger partial charge in [-0.3, -0.25) is 0 Å². The van der Waals surface area contributed by atoms with Crippen LogP contribution in [0.15, 0.2) is 0 Å². The number of hydrogen-bond acceptors (Lipinski definition) is 0. The standard InChI is InChI=1S/C12H26/c1-6-7-8-11(2)9-10-12(3,4)5/h11H,6-10H2,1-5H3. The average Bonchev–Trinajstić information content (AvgIpc) is 1.95. The molecule has 0 aliphatic rings. The van der Waals surface area contributed by atoms with Gasteiger partial charge in [0.25, 0.3) is 0 Å². The van der Waals surface area contributed by atoms with E-state index < -0.39 is 0 Å². The first kappa shape index (κ1) is 12.0. The molecule has 74 valence electrons. The van der Waals surface area contributed by atoms with Gasteiger partial charge >= 0.3 is 0 Å². The Bertz CT molecular complexity index is 97.1. The number of unbranched alkanes of at least 4 members (excludes halogenated alkanes) is 1. The van der Waals surface area contributed by atoms with Crippen molar-refractivity contribution in [2.75, 3.05) is 0 Å². The second-order valence-electron chi connectivity index (χ2n) is 5.35. The molecular formula is C12H26. The van der Waals surface area contributed by atoms with E-state index in [2.05, 4.69) is 34.6 Å². The summed E-state index contributed by atoms with van der Waals surface area (Å²) in [6.07, 6.45) is 6.96. The quantitative estimate of drug-likeness (QED) is 0.564. The lowest BCUT2D eigenvalue weighted by molar-refractivity contribution is 0.320. The fraction of sp³-hybridized carbons (Fsp3) is 1.00. The molecule has 0 saturated carbocycles. The van der Waals surface area contributed by atoms with Crippen LogP contribution < -0.4 is 0 Å². The molecule has 0 saturated heterocycles. The minimum absolute atomic E-state index is 0.528. The van der Waals surface area contributed by atoms with Crippen LogP contribution in [0, 0.1) is 11.3 Å². The minimum Gasteiger partial charge on any atom is -0.0654 e. The highest BCUT2D eigenvalue weighted by atomic mass is 14.2. The summed E-state index contributed by atoms with van der Waals surface area (Å²) in [4.78, 5) is 0. The van der Waals surface area contributed by atoms with E-state index in [4.69, 9.17) is 0 Å². The van der Waals surface area contributed by atoms with Crippen LogP contribution in [-0.2, 0) is 0 Å². The molecule has 0 aromatic heterocycles. The summed E-state index contributed by atoms with van der Waals surface area (Å²) in [6, 6.07) is 0. The van der Waals surface area contributed by atoms with Crippen molar-refractivity contribution >= 4 is 0 Å². The summed E-state index contributed by atoms with van der Waals surface area (Å²) in [5.41, 5.74) is 0.528. The summed E-state index contributed by atoms with van der Waals surface area (Å²) in [5, 5.41) is 0. The maximum Gasteiger partial charge on any atom is -0.0383 e. The molecular weight excluding hydrogens is 144 g/mol. The lowest BCUT2D eigenvalue weighted by atomic mass is 9.86. The second-order valence-corrected chi connectivity index (χ2v) is 5.35. The Morgan fingerprint density at radius 1 is 1.08 bits per heavy atom. The van der Waals surface area contributed by atoms with Crippen molar-refractivity contribution in [1.29, 1.82) is 0 Å². The van der Waals surface area contributed by atoms with Gasteiger partial charge < -0.3 is 0 Å². The van der Waals surface area contributed by atoms with Crippen LogP contribution in [-0.4, -0.2) is 0 Å². The van der Waals surface area contributed by atoms with E-state index in [-0.39, 0.29) is 0 Å². The van der Waals surface area contributed by atoms with Crippen LogP contribution in [0.5, 0.6) is 0 Å². The van der Waals surface area contributed by atoms with E-state index in [0.717, 1.165) is 5.92 Å². The van der Waals surface area contributed by atoms with Gasteiger partial charge in [-0.1, -0.05) is 60.3 Å². The Morgan fingerprint density at radius 2 is 1.67 bits per heavy atom. The zero-order valence-corrected chi connectivity index (χ0v) is 9.61. The van der Waals surface area contributed by atoms with Gasteiger partial charge in [-0.25, -0.2) is 0 Å². The molecule has 0 aliphatic carbocycles. The Balaban J connectivity index is 3.37. The third-order valence-corrected chi connectivity index (χ3v) is 2.44. The van der Waals surface area contributed by atoms with E-state index >= 15 is 0 Å². The van der Waals surface area contributed by atoms with Gasteiger partial charge in [-0.05, 0) is 17.8 Å². The molecule has 0 N–H and O–H groups in total. The van der Waals surface area contributed by atoms with Crippen molar-refractivity contribution in [2.24, 2.45) is 11.3 Å². The molecule has 0 rings (SSSR count). The van der Waals surface area contributed by atoms with Crippen molar-refractivity contribution in [3.8, 4) is 0 Å². The molecule has 0 aliphatic heterocycles. The summed E-state index contributed by atoms with van der Waals surface area (Å²) in [6.45, 7) is 11.7. The fourth-order valence-electron chi connectivity index (χ4n) is 1.38. The van der Waals surface area contributed by atoms with Crippen LogP contribution in [0.4, 0.5) is 0 Å². The van der Waals surface area contributed by atoms with Gasteiger partial charge in [-0.15, -0.1) is 0 Å². The van der Waals surface area contributed by atoms with Crippen LogP contribution in [0.1, 0.15) is 66.7 Å². The van der Waals surface area contributed by atoms with Crippen LogP contribution >= 0.6 is 0 Å². The van der Waals surface area contributed by atoms with Crippen molar-refractivity contribution in [3.63, 3.8) is 0 Å². The molecule has 0 heteroatoms. The lowest BCUT2D eigenvalue weighted by Crippen LogP contribution is -2.07. The molecule has 0 amide bonds. The zero-order chi connectivity index (χ0) is 9.61. The normalized spacial score (nSPS) is 14.8. The summed E-state index contributed by atoms with van der Waals surface area (Å²) >= 11 is 0. The SMILES string of the molecule is CCCCC(C)CCC(C)(C)C. The first-order valence-electron chi connectivity index (χ1n) is 5.45.